The Morgan fingerprint density at radius 3 is 2.00 bits per heavy atom. The Balaban J connectivity index is 2.38. The molecule has 0 saturated carbocycles. The van der Waals surface area contributed by atoms with Crippen LogP contribution in [0.5, 0.6) is 0 Å². The lowest BCUT2D eigenvalue weighted by Crippen LogP contribution is -2.50. The van der Waals surface area contributed by atoms with Crippen LogP contribution in [0.4, 0.5) is 0 Å². The molecule has 1 aliphatic carbocycles. The van der Waals surface area contributed by atoms with Gasteiger partial charge in [0.1, 0.15) is 0 Å². The van der Waals surface area contributed by atoms with Gasteiger partial charge in [-0.2, -0.15) is 0 Å². The van der Waals surface area contributed by atoms with Crippen molar-refractivity contribution in [3.8, 4) is 0 Å². The van der Waals surface area contributed by atoms with Gasteiger partial charge < -0.3 is 14.3 Å². The first kappa shape index (κ1) is 24.6. The van der Waals surface area contributed by atoms with Crippen LogP contribution in [0, 0.1) is 17.8 Å². The number of aliphatic hydroxyl groups excluding tert-OH is 1. The SMILES string of the molecule is C=C(C)[C@@H]1[C@@H]2[C@H](C(C)=C[C@H]1O)[C@@H](CO[Si](C(C)C)(C(C)C)C(C)C)O[C@H]2C(=C)C. The molecule has 0 aromatic carbocycles. The number of fused-ring (bicyclic) bond motifs is 1. The second kappa shape index (κ2) is 9.21. The molecule has 0 spiro atoms. The van der Waals surface area contributed by atoms with Crippen molar-refractivity contribution < 1.29 is 14.3 Å². The van der Waals surface area contributed by atoms with E-state index < -0.39 is 14.4 Å². The van der Waals surface area contributed by atoms with Gasteiger partial charge in [-0.3, -0.25) is 0 Å². The summed E-state index contributed by atoms with van der Waals surface area (Å²) in [7, 11) is -1.96. The molecule has 3 nitrogen and oxygen atoms in total. The third kappa shape index (κ3) is 4.37. The van der Waals surface area contributed by atoms with E-state index in [9.17, 15) is 5.11 Å². The maximum atomic E-state index is 10.8. The first-order chi connectivity index (χ1) is 13.4. The molecule has 0 aromatic rings. The summed E-state index contributed by atoms with van der Waals surface area (Å²) in [6.07, 6.45) is 1.43. The predicted molar refractivity (Wildman–Crippen MR) is 126 cm³/mol. The van der Waals surface area contributed by atoms with E-state index in [4.69, 9.17) is 9.16 Å². The van der Waals surface area contributed by atoms with Crippen molar-refractivity contribution in [2.45, 2.75) is 97.2 Å². The van der Waals surface area contributed by atoms with E-state index in [0.717, 1.165) is 11.1 Å². The molecule has 1 saturated heterocycles. The van der Waals surface area contributed by atoms with Crippen molar-refractivity contribution in [2.24, 2.45) is 17.8 Å². The number of hydrogen-bond acceptors (Lipinski definition) is 3. The van der Waals surface area contributed by atoms with Crippen molar-refractivity contribution in [2.75, 3.05) is 6.61 Å². The zero-order chi connectivity index (χ0) is 22.3. The van der Waals surface area contributed by atoms with E-state index in [-0.39, 0.29) is 30.0 Å². The molecule has 166 valence electrons. The number of aliphatic hydroxyl groups is 1. The van der Waals surface area contributed by atoms with Gasteiger partial charge in [-0.05, 0) is 37.4 Å². The molecule has 1 N–H and O–H groups in total. The van der Waals surface area contributed by atoms with Gasteiger partial charge in [-0.15, -0.1) is 0 Å². The third-order valence-electron chi connectivity index (χ3n) is 7.49. The highest BCUT2D eigenvalue weighted by Gasteiger charge is 2.54. The lowest BCUT2D eigenvalue weighted by atomic mass is 9.65. The average molecular weight is 421 g/mol. The Morgan fingerprint density at radius 2 is 1.59 bits per heavy atom. The monoisotopic (exact) mass is 420 g/mol. The molecular formula is C25H44O3Si. The van der Waals surface area contributed by atoms with Crippen molar-refractivity contribution in [1.82, 2.24) is 0 Å². The molecule has 29 heavy (non-hydrogen) atoms. The van der Waals surface area contributed by atoms with Crippen LogP contribution in [0.2, 0.25) is 16.6 Å². The fourth-order valence-electron chi connectivity index (χ4n) is 6.45. The molecular weight excluding hydrogens is 376 g/mol. The number of ether oxygens (including phenoxy) is 1. The van der Waals surface area contributed by atoms with Gasteiger partial charge in [0.25, 0.3) is 0 Å². The molecule has 0 aromatic heterocycles. The summed E-state index contributed by atoms with van der Waals surface area (Å²) >= 11 is 0. The van der Waals surface area contributed by atoms with Crippen LogP contribution in [0.15, 0.2) is 36.0 Å². The fraction of sp³-hybridized carbons (Fsp3) is 0.760. The van der Waals surface area contributed by atoms with E-state index in [1.807, 2.05) is 19.9 Å². The van der Waals surface area contributed by atoms with Gasteiger partial charge >= 0.3 is 0 Å². The average Bonchev–Trinajstić information content (AvgIpc) is 2.94. The Bertz CT molecular complexity index is 627. The van der Waals surface area contributed by atoms with Gasteiger partial charge in [-0.25, -0.2) is 0 Å². The molecule has 0 amide bonds. The fourth-order valence-corrected chi connectivity index (χ4v) is 11.9. The van der Waals surface area contributed by atoms with Gasteiger partial charge in [0, 0.05) is 17.8 Å². The van der Waals surface area contributed by atoms with Crippen molar-refractivity contribution in [1.29, 1.82) is 0 Å². The van der Waals surface area contributed by atoms with E-state index >= 15 is 0 Å². The minimum atomic E-state index is -1.96. The molecule has 0 unspecified atom stereocenters. The normalized spacial score (nSPS) is 32.7. The zero-order valence-electron chi connectivity index (χ0n) is 20.2. The molecule has 2 rings (SSSR count). The van der Waals surface area contributed by atoms with Gasteiger partial charge in [0.05, 0.1) is 24.9 Å². The van der Waals surface area contributed by atoms with Crippen LogP contribution in [0.1, 0.15) is 62.3 Å². The molecule has 0 radical (unpaired) electrons. The molecule has 1 aliphatic heterocycles. The summed E-state index contributed by atoms with van der Waals surface area (Å²) in [6, 6.07) is 0. The molecule has 2 aliphatic rings. The van der Waals surface area contributed by atoms with Crippen LogP contribution >= 0.6 is 0 Å². The molecule has 1 heterocycles. The first-order valence-electron chi connectivity index (χ1n) is 11.3. The second-order valence-corrected chi connectivity index (χ2v) is 15.9. The summed E-state index contributed by atoms with van der Waals surface area (Å²) in [5, 5.41) is 10.8. The van der Waals surface area contributed by atoms with Crippen LogP contribution in [0.25, 0.3) is 0 Å². The molecule has 6 atom stereocenters. The third-order valence-corrected chi connectivity index (χ3v) is 13.6. The van der Waals surface area contributed by atoms with Gasteiger partial charge in [0.15, 0.2) is 8.32 Å². The first-order valence-corrected chi connectivity index (χ1v) is 13.5. The number of hydrogen-bond donors (Lipinski definition) is 1. The summed E-state index contributed by atoms with van der Waals surface area (Å²) in [6.45, 7) is 29.1. The lowest BCUT2D eigenvalue weighted by Gasteiger charge is -2.43. The Hall–Kier alpha value is -0.683. The van der Waals surface area contributed by atoms with Crippen molar-refractivity contribution >= 4 is 8.32 Å². The maximum absolute atomic E-state index is 10.8. The minimum absolute atomic E-state index is 0.00213. The Labute approximate surface area is 180 Å². The smallest absolute Gasteiger partial charge is 0.200 e. The van der Waals surface area contributed by atoms with Crippen LogP contribution in [-0.4, -0.2) is 38.3 Å². The Morgan fingerprint density at radius 1 is 1.07 bits per heavy atom. The minimum Gasteiger partial charge on any atom is -0.413 e. The summed E-state index contributed by atoms with van der Waals surface area (Å²) in [4.78, 5) is 0. The Kier molecular flexibility index (Phi) is 7.81. The summed E-state index contributed by atoms with van der Waals surface area (Å²) in [5.41, 5.74) is 4.89. The standard InChI is InChI=1S/C25H44O3Si/c1-14(2)22-20(26)12-19(11)23-21(28-25(15(3)4)24(22)23)13-27-29(16(5)6,17(7)8)18(9)10/h12,16-18,20-26H,1,3,13H2,2,4-11H3/t20-,21-,22+,23-,24-,25+/m1/s1. The summed E-state index contributed by atoms with van der Waals surface area (Å²) < 4.78 is 13.5. The zero-order valence-corrected chi connectivity index (χ0v) is 21.2. The van der Waals surface area contributed by atoms with E-state index in [1.165, 1.54) is 5.57 Å². The second-order valence-electron chi connectivity index (χ2n) is 10.4. The highest BCUT2D eigenvalue weighted by Crippen LogP contribution is 2.51. The molecule has 1 fully saturated rings. The van der Waals surface area contributed by atoms with Crippen LogP contribution < -0.4 is 0 Å². The quantitative estimate of drug-likeness (QED) is 0.371. The van der Waals surface area contributed by atoms with E-state index in [1.54, 1.807) is 0 Å². The topological polar surface area (TPSA) is 38.7 Å². The van der Waals surface area contributed by atoms with Gasteiger partial charge in [-0.1, -0.05) is 77.5 Å². The molecule has 0 bridgehead atoms. The van der Waals surface area contributed by atoms with Crippen LogP contribution in [-0.2, 0) is 9.16 Å². The largest absolute Gasteiger partial charge is 0.413 e. The lowest BCUT2D eigenvalue weighted by molar-refractivity contribution is 0.0139. The maximum Gasteiger partial charge on any atom is 0.200 e. The number of rotatable bonds is 8. The highest BCUT2D eigenvalue weighted by atomic mass is 28.4. The van der Waals surface area contributed by atoms with E-state index in [0.29, 0.717) is 23.2 Å². The molecule has 4 heteroatoms. The van der Waals surface area contributed by atoms with Crippen molar-refractivity contribution in [3.05, 3.63) is 36.0 Å². The summed E-state index contributed by atoms with van der Waals surface area (Å²) in [5.74, 6) is 0.407. The van der Waals surface area contributed by atoms with E-state index in [2.05, 4.69) is 61.6 Å². The van der Waals surface area contributed by atoms with Crippen molar-refractivity contribution in [3.63, 3.8) is 0 Å². The highest BCUT2D eigenvalue weighted by molar-refractivity contribution is 6.77. The van der Waals surface area contributed by atoms with Crippen LogP contribution in [0.3, 0.4) is 0 Å². The van der Waals surface area contributed by atoms with Gasteiger partial charge in [0.2, 0.25) is 0 Å². The predicted octanol–water partition coefficient (Wildman–Crippen LogP) is 6.27.